The summed E-state index contributed by atoms with van der Waals surface area (Å²) in [4.78, 5) is 0. The van der Waals surface area contributed by atoms with Crippen molar-refractivity contribution in [3.8, 4) is 0 Å². The first-order chi connectivity index (χ1) is 16.9. The van der Waals surface area contributed by atoms with Crippen LogP contribution in [-0.2, 0) is 0 Å². The Bertz CT molecular complexity index is 299. The van der Waals surface area contributed by atoms with E-state index >= 15 is 0 Å². The highest BCUT2D eigenvalue weighted by atomic mass is 32.1. The standard InChI is InChI=1S/C32H66S2/c33-31-29-27-25-23-21-19-17-15-13-11-9-7-5-3-1-2-4-6-8-10-12-14-16-18-20-22-24-26-28-30-32-34/h33-34H,1-32H2. The maximum absolute atomic E-state index is 4.28. The molecule has 0 aliphatic rings. The first-order valence-electron chi connectivity index (χ1n) is 16.1. The van der Waals surface area contributed by atoms with Crippen molar-refractivity contribution < 1.29 is 0 Å². The molecule has 0 saturated carbocycles. The van der Waals surface area contributed by atoms with Crippen LogP contribution in [0.1, 0.15) is 193 Å². The van der Waals surface area contributed by atoms with Gasteiger partial charge in [0.15, 0.2) is 0 Å². The molecule has 0 saturated heterocycles. The Kier molecular flexibility index (Phi) is 34.4. The van der Waals surface area contributed by atoms with Crippen LogP contribution in [0.5, 0.6) is 0 Å². The maximum Gasteiger partial charge on any atom is -0.00979 e. The summed E-state index contributed by atoms with van der Waals surface area (Å²) in [7, 11) is 0. The third-order valence-electron chi connectivity index (χ3n) is 7.57. The monoisotopic (exact) mass is 514 g/mol. The molecule has 0 radical (unpaired) electrons. The third kappa shape index (κ3) is 32.7. The van der Waals surface area contributed by atoms with Crippen LogP contribution in [0, 0.1) is 0 Å². The number of hydrogen-bond acceptors (Lipinski definition) is 2. The second-order valence-electron chi connectivity index (χ2n) is 11.1. The minimum absolute atomic E-state index is 1.07. The number of unbranched alkanes of at least 4 members (excludes halogenated alkanes) is 29. The highest BCUT2D eigenvalue weighted by Gasteiger charge is 1.97. The van der Waals surface area contributed by atoms with Crippen LogP contribution in [0.4, 0.5) is 0 Å². The van der Waals surface area contributed by atoms with Crippen LogP contribution in [0.15, 0.2) is 0 Å². The Morgan fingerprint density at radius 1 is 0.147 bits per heavy atom. The molecule has 0 amide bonds. The fourth-order valence-electron chi connectivity index (χ4n) is 5.17. The Morgan fingerprint density at radius 3 is 0.324 bits per heavy atom. The van der Waals surface area contributed by atoms with E-state index in [9.17, 15) is 0 Å². The molecule has 0 unspecified atom stereocenters. The molecular weight excluding hydrogens is 448 g/mol. The molecule has 0 aliphatic carbocycles. The molecule has 0 rings (SSSR count). The zero-order valence-electron chi connectivity index (χ0n) is 23.5. The summed E-state index contributed by atoms with van der Waals surface area (Å²) in [5.74, 6) is 2.14. The summed E-state index contributed by atoms with van der Waals surface area (Å²) in [6.45, 7) is 0. The first kappa shape index (κ1) is 34.7. The molecule has 0 heterocycles. The van der Waals surface area contributed by atoms with Gasteiger partial charge in [-0.1, -0.05) is 180 Å². The highest BCUT2D eigenvalue weighted by molar-refractivity contribution is 7.80. The van der Waals surface area contributed by atoms with Gasteiger partial charge in [-0.25, -0.2) is 0 Å². The smallest absolute Gasteiger partial charge is 0.00979 e. The van der Waals surface area contributed by atoms with Gasteiger partial charge in [-0.3, -0.25) is 0 Å². The molecule has 0 N–H and O–H groups in total. The van der Waals surface area contributed by atoms with Gasteiger partial charge in [0.1, 0.15) is 0 Å². The van der Waals surface area contributed by atoms with Crippen molar-refractivity contribution in [1.82, 2.24) is 0 Å². The number of rotatable bonds is 31. The minimum Gasteiger partial charge on any atom is -0.179 e. The van der Waals surface area contributed by atoms with Crippen molar-refractivity contribution in [3.05, 3.63) is 0 Å². The van der Waals surface area contributed by atoms with Gasteiger partial charge < -0.3 is 0 Å². The van der Waals surface area contributed by atoms with E-state index in [0.717, 1.165) is 11.5 Å². The number of thiol groups is 2. The Hall–Kier alpha value is 0.700. The van der Waals surface area contributed by atoms with E-state index in [1.54, 1.807) is 0 Å². The van der Waals surface area contributed by atoms with Crippen LogP contribution >= 0.6 is 25.3 Å². The molecule has 0 aliphatic heterocycles. The Morgan fingerprint density at radius 2 is 0.235 bits per heavy atom. The lowest BCUT2D eigenvalue weighted by molar-refractivity contribution is 0.513. The van der Waals surface area contributed by atoms with E-state index in [1.807, 2.05) is 0 Å². The normalized spacial score (nSPS) is 11.5. The van der Waals surface area contributed by atoms with Crippen molar-refractivity contribution in [3.63, 3.8) is 0 Å². The van der Waals surface area contributed by atoms with Gasteiger partial charge in [-0.05, 0) is 24.3 Å². The summed E-state index contributed by atoms with van der Waals surface area (Å²) in [5.41, 5.74) is 0. The van der Waals surface area contributed by atoms with Crippen molar-refractivity contribution in [2.75, 3.05) is 11.5 Å². The Labute approximate surface area is 228 Å². The zero-order chi connectivity index (χ0) is 24.6. The van der Waals surface area contributed by atoms with E-state index in [4.69, 9.17) is 0 Å². The van der Waals surface area contributed by atoms with E-state index in [1.165, 1.54) is 193 Å². The van der Waals surface area contributed by atoms with E-state index in [2.05, 4.69) is 25.3 Å². The van der Waals surface area contributed by atoms with Crippen LogP contribution in [0.25, 0.3) is 0 Å². The van der Waals surface area contributed by atoms with Crippen molar-refractivity contribution >= 4 is 25.3 Å². The average Bonchev–Trinajstić information content (AvgIpc) is 2.85. The van der Waals surface area contributed by atoms with E-state index < -0.39 is 0 Å². The molecule has 34 heavy (non-hydrogen) atoms. The van der Waals surface area contributed by atoms with Crippen LogP contribution in [0.2, 0.25) is 0 Å². The second kappa shape index (κ2) is 33.7. The molecule has 0 nitrogen and oxygen atoms in total. The van der Waals surface area contributed by atoms with Crippen LogP contribution < -0.4 is 0 Å². The van der Waals surface area contributed by atoms with Gasteiger partial charge in [0.05, 0.1) is 0 Å². The lowest BCUT2D eigenvalue weighted by atomic mass is 10.0. The van der Waals surface area contributed by atoms with Gasteiger partial charge in [0.2, 0.25) is 0 Å². The predicted octanol–water partition coefficient (Wildman–Crippen LogP) is 12.5. The average molecular weight is 515 g/mol. The summed E-state index contributed by atoms with van der Waals surface area (Å²) in [6, 6.07) is 0. The van der Waals surface area contributed by atoms with Gasteiger partial charge in [0, 0.05) is 0 Å². The molecule has 0 spiro atoms. The molecule has 2 heteroatoms. The summed E-state index contributed by atoms with van der Waals surface area (Å²) in [5, 5.41) is 0. The van der Waals surface area contributed by atoms with Crippen molar-refractivity contribution in [2.45, 2.75) is 193 Å². The molecule has 0 bridgehead atoms. The summed E-state index contributed by atoms with van der Waals surface area (Å²) >= 11 is 8.56. The predicted molar refractivity (Wildman–Crippen MR) is 166 cm³/mol. The topological polar surface area (TPSA) is 0 Å². The fourth-order valence-corrected chi connectivity index (χ4v) is 5.62. The van der Waals surface area contributed by atoms with E-state index in [-0.39, 0.29) is 0 Å². The van der Waals surface area contributed by atoms with Crippen molar-refractivity contribution in [2.24, 2.45) is 0 Å². The van der Waals surface area contributed by atoms with Gasteiger partial charge in [-0.15, -0.1) is 0 Å². The van der Waals surface area contributed by atoms with E-state index in [0.29, 0.717) is 0 Å². The quantitative estimate of drug-likeness (QED) is 0.0666. The first-order valence-corrected chi connectivity index (χ1v) is 17.4. The Balaban J connectivity index is 2.99. The number of hydrogen-bond donors (Lipinski definition) is 2. The lowest BCUT2D eigenvalue weighted by Crippen LogP contribution is -1.85. The van der Waals surface area contributed by atoms with Crippen molar-refractivity contribution in [1.29, 1.82) is 0 Å². The zero-order valence-corrected chi connectivity index (χ0v) is 25.3. The minimum atomic E-state index is 1.07. The molecule has 206 valence electrons. The lowest BCUT2D eigenvalue weighted by Gasteiger charge is -2.04. The molecule has 0 aromatic carbocycles. The van der Waals surface area contributed by atoms with Crippen LogP contribution in [0.3, 0.4) is 0 Å². The van der Waals surface area contributed by atoms with Gasteiger partial charge in [0.25, 0.3) is 0 Å². The molecule has 0 atom stereocenters. The molecule has 0 aromatic heterocycles. The van der Waals surface area contributed by atoms with Gasteiger partial charge in [-0.2, -0.15) is 25.3 Å². The maximum atomic E-state index is 4.28. The fraction of sp³-hybridized carbons (Fsp3) is 1.00. The summed E-state index contributed by atoms with van der Waals surface area (Å²) in [6.07, 6.45) is 43.7. The van der Waals surface area contributed by atoms with Crippen LogP contribution in [-0.4, -0.2) is 11.5 Å². The molecular formula is C32H66S2. The summed E-state index contributed by atoms with van der Waals surface area (Å²) < 4.78 is 0. The third-order valence-corrected chi connectivity index (χ3v) is 8.20. The largest absolute Gasteiger partial charge is 0.179 e. The molecule has 0 fully saturated rings. The van der Waals surface area contributed by atoms with Gasteiger partial charge >= 0.3 is 0 Å². The highest BCUT2D eigenvalue weighted by Crippen LogP contribution is 2.16. The SMILES string of the molecule is SCCCCCCCCCCCCCCCCCCCCCCCCCCCCCCCCS. The molecule has 0 aromatic rings. The second-order valence-corrected chi connectivity index (χ2v) is 11.9.